The minimum Gasteiger partial charge on any atom is -0.494 e. The third-order valence-electron chi connectivity index (χ3n) is 5.38. The number of halogens is 1. The van der Waals surface area contributed by atoms with Crippen LogP contribution in [0.1, 0.15) is 31.2 Å². The van der Waals surface area contributed by atoms with E-state index in [2.05, 4.69) is 0 Å². The Bertz CT molecular complexity index is 786. The highest BCUT2D eigenvalue weighted by Gasteiger charge is 2.33. The minimum atomic E-state index is -3.46. The summed E-state index contributed by atoms with van der Waals surface area (Å²) in [5.74, 6) is -0.485. The van der Waals surface area contributed by atoms with Gasteiger partial charge in [-0.15, -0.1) is 0 Å². The first-order valence-corrected chi connectivity index (χ1v) is 11.2. The van der Waals surface area contributed by atoms with Gasteiger partial charge in [-0.25, -0.2) is 4.39 Å². The molecular formula is C19H28FN3O4S. The first kappa shape index (κ1) is 21.0. The van der Waals surface area contributed by atoms with Crippen LogP contribution in [0.2, 0.25) is 0 Å². The third-order valence-corrected chi connectivity index (χ3v) is 7.42. The maximum Gasteiger partial charge on any atom is 0.282 e. The molecule has 1 aromatic carbocycles. The van der Waals surface area contributed by atoms with E-state index >= 15 is 0 Å². The van der Waals surface area contributed by atoms with E-state index in [1.807, 2.05) is 0 Å². The molecule has 0 spiro atoms. The fourth-order valence-electron chi connectivity index (χ4n) is 3.71. The van der Waals surface area contributed by atoms with Gasteiger partial charge in [0.05, 0.1) is 13.5 Å². The van der Waals surface area contributed by atoms with Gasteiger partial charge < -0.3 is 9.64 Å². The highest BCUT2D eigenvalue weighted by atomic mass is 32.2. The van der Waals surface area contributed by atoms with Gasteiger partial charge in [0, 0.05) is 39.3 Å². The number of ether oxygens (including phenoxy) is 1. The first-order chi connectivity index (χ1) is 13.4. The Morgan fingerprint density at radius 2 is 1.61 bits per heavy atom. The third kappa shape index (κ3) is 4.82. The summed E-state index contributed by atoms with van der Waals surface area (Å²) in [5.41, 5.74) is 0.572. The largest absolute Gasteiger partial charge is 0.494 e. The van der Waals surface area contributed by atoms with Gasteiger partial charge in [-0.1, -0.05) is 18.9 Å². The normalized spacial score (nSPS) is 20.0. The highest BCUT2D eigenvalue weighted by molar-refractivity contribution is 7.86. The quantitative estimate of drug-likeness (QED) is 0.736. The van der Waals surface area contributed by atoms with Crippen molar-refractivity contribution in [3.63, 3.8) is 0 Å². The van der Waals surface area contributed by atoms with Crippen LogP contribution >= 0.6 is 0 Å². The standard InChI is InChI=1S/C19H28FN3O4S/c1-27-18-7-6-16(14-17(18)20)15-19(24)21-10-12-23(13-11-21)28(25,26)22-8-4-2-3-5-9-22/h6-7,14H,2-5,8-13,15H2,1H3. The molecule has 2 aliphatic rings. The highest BCUT2D eigenvalue weighted by Crippen LogP contribution is 2.20. The van der Waals surface area contributed by atoms with Crippen molar-refractivity contribution in [3.05, 3.63) is 29.6 Å². The van der Waals surface area contributed by atoms with E-state index in [1.165, 1.54) is 23.5 Å². The summed E-state index contributed by atoms with van der Waals surface area (Å²) in [7, 11) is -2.07. The van der Waals surface area contributed by atoms with E-state index in [1.54, 1.807) is 15.3 Å². The molecule has 2 heterocycles. The molecule has 1 amide bonds. The molecule has 0 saturated carbocycles. The van der Waals surface area contributed by atoms with Crippen LogP contribution in [0.4, 0.5) is 4.39 Å². The molecule has 0 radical (unpaired) electrons. The molecule has 2 fully saturated rings. The number of amides is 1. The zero-order chi connectivity index (χ0) is 20.1. The van der Waals surface area contributed by atoms with Gasteiger partial charge >= 0.3 is 0 Å². The van der Waals surface area contributed by atoms with Crippen molar-refractivity contribution in [3.8, 4) is 5.75 Å². The van der Waals surface area contributed by atoms with E-state index in [9.17, 15) is 17.6 Å². The number of benzene rings is 1. The summed E-state index contributed by atoms with van der Waals surface area (Å²) in [6.07, 6.45) is 4.02. The molecule has 2 saturated heterocycles. The molecule has 0 N–H and O–H groups in total. The van der Waals surface area contributed by atoms with E-state index in [0.29, 0.717) is 44.8 Å². The Labute approximate surface area is 166 Å². The van der Waals surface area contributed by atoms with Gasteiger partial charge in [-0.2, -0.15) is 17.0 Å². The SMILES string of the molecule is COc1ccc(CC(=O)N2CCN(S(=O)(=O)N3CCCCCC3)CC2)cc1F. The molecule has 28 heavy (non-hydrogen) atoms. The average Bonchev–Trinajstić information content (AvgIpc) is 2.98. The predicted octanol–water partition coefficient (Wildman–Crippen LogP) is 1.64. The predicted molar refractivity (Wildman–Crippen MR) is 104 cm³/mol. The number of carbonyl (C=O) groups excluding carboxylic acids is 1. The molecule has 3 rings (SSSR count). The van der Waals surface area contributed by atoms with Gasteiger partial charge in [0.2, 0.25) is 5.91 Å². The Morgan fingerprint density at radius 1 is 1.00 bits per heavy atom. The van der Waals surface area contributed by atoms with Crippen LogP contribution in [0.15, 0.2) is 18.2 Å². The van der Waals surface area contributed by atoms with Crippen LogP contribution in [-0.4, -0.2) is 74.2 Å². The van der Waals surface area contributed by atoms with Crippen LogP contribution in [-0.2, 0) is 21.4 Å². The number of hydrogen-bond donors (Lipinski definition) is 0. The van der Waals surface area contributed by atoms with Crippen LogP contribution < -0.4 is 4.74 Å². The minimum absolute atomic E-state index is 0.0831. The number of hydrogen-bond acceptors (Lipinski definition) is 4. The van der Waals surface area contributed by atoms with Crippen LogP contribution in [0, 0.1) is 5.82 Å². The zero-order valence-corrected chi connectivity index (χ0v) is 17.1. The van der Waals surface area contributed by atoms with E-state index < -0.39 is 16.0 Å². The second kappa shape index (κ2) is 9.19. The van der Waals surface area contributed by atoms with Gasteiger partial charge in [0.25, 0.3) is 10.2 Å². The van der Waals surface area contributed by atoms with E-state index in [0.717, 1.165) is 25.7 Å². The second-order valence-corrected chi connectivity index (χ2v) is 9.18. The summed E-state index contributed by atoms with van der Waals surface area (Å²) in [6, 6.07) is 4.47. The Morgan fingerprint density at radius 3 is 2.18 bits per heavy atom. The van der Waals surface area contributed by atoms with Crippen molar-refractivity contribution < 1.29 is 22.3 Å². The molecular weight excluding hydrogens is 385 g/mol. The second-order valence-electron chi connectivity index (χ2n) is 7.25. The number of piperazine rings is 1. The molecule has 156 valence electrons. The Balaban J connectivity index is 1.55. The molecule has 1 aromatic rings. The fraction of sp³-hybridized carbons (Fsp3) is 0.632. The first-order valence-electron chi connectivity index (χ1n) is 9.77. The van der Waals surface area contributed by atoms with Crippen LogP contribution in [0.3, 0.4) is 0 Å². The summed E-state index contributed by atoms with van der Waals surface area (Å²) in [4.78, 5) is 14.2. The lowest BCUT2D eigenvalue weighted by Gasteiger charge is -2.36. The smallest absolute Gasteiger partial charge is 0.282 e. The van der Waals surface area contributed by atoms with Crippen molar-refractivity contribution in [2.24, 2.45) is 0 Å². The number of nitrogens with zero attached hydrogens (tertiary/aromatic N) is 3. The van der Waals surface area contributed by atoms with Crippen molar-refractivity contribution >= 4 is 16.1 Å². The molecule has 0 bridgehead atoms. The van der Waals surface area contributed by atoms with Crippen molar-refractivity contribution in [2.75, 3.05) is 46.4 Å². The lowest BCUT2D eigenvalue weighted by molar-refractivity contribution is -0.131. The summed E-state index contributed by atoms with van der Waals surface area (Å²) < 4.78 is 47.5. The summed E-state index contributed by atoms with van der Waals surface area (Å²) in [5, 5.41) is 0. The topological polar surface area (TPSA) is 70.2 Å². The van der Waals surface area contributed by atoms with Gasteiger partial charge in [-0.3, -0.25) is 4.79 Å². The molecule has 9 heteroatoms. The lowest BCUT2D eigenvalue weighted by atomic mass is 10.1. The molecule has 0 aromatic heterocycles. The molecule has 2 aliphatic heterocycles. The zero-order valence-electron chi connectivity index (χ0n) is 16.3. The van der Waals surface area contributed by atoms with E-state index in [4.69, 9.17) is 4.74 Å². The molecule has 0 aliphatic carbocycles. The maximum atomic E-state index is 13.8. The maximum absolute atomic E-state index is 13.8. The summed E-state index contributed by atoms with van der Waals surface area (Å²) >= 11 is 0. The number of rotatable bonds is 5. The van der Waals surface area contributed by atoms with Crippen LogP contribution in [0.25, 0.3) is 0 Å². The van der Waals surface area contributed by atoms with Gasteiger partial charge in [0.1, 0.15) is 0 Å². The van der Waals surface area contributed by atoms with E-state index in [-0.39, 0.29) is 18.1 Å². The molecule has 0 atom stereocenters. The van der Waals surface area contributed by atoms with Crippen molar-refractivity contribution in [1.82, 2.24) is 13.5 Å². The number of methoxy groups -OCH3 is 1. The van der Waals surface area contributed by atoms with Gasteiger partial charge in [0.15, 0.2) is 11.6 Å². The Hall–Kier alpha value is -1.71. The van der Waals surface area contributed by atoms with Crippen molar-refractivity contribution in [1.29, 1.82) is 0 Å². The van der Waals surface area contributed by atoms with Crippen LogP contribution in [0.5, 0.6) is 5.75 Å². The monoisotopic (exact) mass is 413 g/mol. The van der Waals surface area contributed by atoms with Crippen molar-refractivity contribution in [2.45, 2.75) is 32.1 Å². The average molecular weight is 414 g/mol. The lowest BCUT2D eigenvalue weighted by Crippen LogP contribution is -2.54. The Kier molecular flexibility index (Phi) is 6.90. The fourth-order valence-corrected chi connectivity index (χ4v) is 5.38. The van der Waals surface area contributed by atoms with Gasteiger partial charge in [-0.05, 0) is 30.5 Å². The summed E-state index contributed by atoms with van der Waals surface area (Å²) in [6.45, 7) is 2.44. The number of carbonyl (C=O) groups is 1. The molecule has 0 unspecified atom stereocenters. The molecule has 7 nitrogen and oxygen atoms in total.